The zero-order valence-electron chi connectivity index (χ0n) is 12.6. The average molecular weight is 284 g/mol. The lowest BCUT2D eigenvalue weighted by Gasteiger charge is -2.41. The molecule has 1 aliphatic carbocycles. The summed E-state index contributed by atoms with van der Waals surface area (Å²) in [6.45, 7) is 6.58. The zero-order chi connectivity index (χ0) is 15.1. The SMILES string of the molecule is CN(C(=O)OC(C)(C)C)C1[C@@H]2CC[C@H]1CN(C(=O)O)C2. The van der Waals surface area contributed by atoms with Crippen molar-refractivity contribution in [3.63, 3.8) is 0 Å². The smallest absolute Gasteiger partial charge is 0.410 e. The van der Waals surface area contributed by atoms with Gasteiger partial charge in [0.25, 0.3) is 0 Å². The fourth-order valence-corrected chi connectivity index (χ4v) is 3.44. The van der Waals surface area contributed by atoms with Crippen LogP contribution in [0.25, 0.3) is 0 Å². The van der Waals surface area contributed by atoms with Gasteiger partial charge in [-0.25, -0.2) is 9.59 Å². The minimum absolute atomic E-state index is 0.0976. The van der Waals surface area contributed by atoms with Gasteiger partial charge in [-0.1, -0.05) is 0 Å². The first kappa shape index (κ1) is 14.9. The molecular weight excluding hydrogens is 260 g/mol. The van der Waals surface area contributed by atoms with Crippen LogP contribution < -0.4 is 0 Å². The molecule has 114 valence electrons. The van der Waals surface area contributed by atoms with E-state index in [2.05, 4.69) is 0 Å². The molecule has 6 nitrogen and oxygen atoms in total. The van der Waals surface area contributed by atoms with Crippen LogP contribution in [0, 0.1) is 11.8 Å². The molecule has 0 radical (unpaired) electrons. The summed E-state index contributed by atoms with van der Waals surface area (Å²) in [4.78, 5) is 26.4. The number of piperidine rings is 1. The Morgan fingerprint density at radius 2 is 1.70 bits per heavy atom. The monoisotopic (exact) mass is 284 g/mol. The molecule has 2 aliphatic rings. The fourth-order valence-electron chi connectivity index (χ4n) is 3.44. The van der Waals surface area contributed by atoms with Gasteiger partial charge in [0.05, 0.1) is 0 Å². The average Bonchev–Trinajstić information content (AvgIpc) is 2.55. The highest BCUT2D eigenvalue weighted by atomic mass is 16.6. The van der Waals surface area contributed by atoms with Crippen LogP contribution in [-0.2, 0) is 4.74 Å². The number of ether oxygens (including phenoxy) is 1. The van der Waals surface area contributed by atoms with E-state index in [-0.39, 0.29) is 24.0 Å². The summed E-state index contributed by atoms with van der Waals surface area (Å²) in [5.41, 5.74) is -0.508. The van der Waals surface area contributed by atoms with E-state index in [0.29, 0.717) is 13.1 Å². The Morgan fingerprint density at radius 3 is 2.10 bits per heavy atom. The molecule has 2 fully saturated rings. The largest absolute Gasteiger partial charge is 0.465 e. The first-order valence-electron chi connectivity index (χ1n) is 7.12. The number of nitrogens with zero attached hydrogens (tertiary/aromatic N) is 2. The summed E-state index contributed by atoms with van der Waals surface area (Å²) < 4.78 is 5.41. The molecular formula is C14H24N2O4. The van der Waals surface area contributed by atoms with Gasteiger partial charge in [-0.05, 0) is 45.4 Å². The number of likely N-dealkylation sites (tertiary alicyclic amines) is 1. The van der Waals surface area contributed by atoms with Crippen LogP contribution in [-0.4, -0.2) is 58.9 Å². The highest BCUT2D eigenvalue weighted by molar-refractivity contribution is 5.69. The second-order valence-corrected chi connectivity index (χ2v) is 6.87. The standard InChI is InChI=1S/C14H24N2O4/c1-14(2,3)20-13(19)15(4)11-9-5-6-10(11)8-16(7-9)12(17)18/h9-11H,5-8H2,1-4H3,(H,17,18)/t9-,10+,11?. The molecule has 1 N–H and O–H groups in total. The van der Waals surface area contributed by atoms with Gasteiger partial charge >= 0.3 is 12.2 Å². The Kier molecular flexibility index (Phi) is 3.84. The lowest BCUT2D eigenvalue weighted by molar-refractivity contribution is 0.00267. The Hall–Kier alpha value is -1.46. The van der Waals surface area contributed by atoms with Crippen LogP contribution in [0.3, 0.4) is 0 Å². The second-order valence-electron chi connectivity index (χ2n) is 6.87. The van der Waals surface area contributed by atoms with Crippen molar-refractivity contribution in [1.82, 2.24) is 9.80 Å². The molecule has 1 saturated heterocycles. The van der Waals surface area contributed by atoms with Crippen LogP contribution in [0.1, 0.15) is 33.6 Å². The highest BCUT2D eigenvalue weighted by Gasteiger charge is 2.47. The molecule has 6 heteroatoms. The lowest BCUT2D eigenvalue weighted by atomic mass is 9.91. The summed E-state index contributed by atoms with van der Waals surface area (Å²) in [7, 11) is 1.76. The van der Waals surface area contributed by atoms with E-state index < -0.39 is 11.7 Å². The van der Waals surface area contributed by atoms with Gasteiger partial charge in [-0.3, -0.25) is 0 Å². The zero-order valence-corrected chi connectivity index (χ0v) is 12.6. The number of hydrogen-bond donors (Lipinski definition) is 1. The first-order chi connectivity index (χ1) is 9.19. The quantitative estimate of drug-likeness (QED) is 0.801. The molecule has 1 unspecified atom stereocenters. The number of fused-ring (bicyclic) bond motifs is 2. The Morgan fingerprint density at radius 1 is 1.20 bits per heavy atom. The van der Waals surface area contributed by atoms with Crippen LogP contribution in [0.15, 0.2) is 0 Å². The number of hydrogen-bond acceptors (Lipinski definition) is 3. The lowest BCUT2D eigenvalue weighted by Crippen LogP contribution is -2.54. The highest BCUT2D eigenvalue weighted by Crippen LogP contribution is 2.40. The normalized spacial score (nSPS) is 29.2. The van der Waals surface area contributed by atoms with Crippen molar-refractivity contribution in [3.05, 3.63) is 0 Å². The molecule has 1 aliphatic heterocycles. The van der Waals surface area contributed by atoms with Crippen molar-refractivity contribution in [1.29, 1.82) is 0 Å². The summed E-state index contributed by atoms with van der Waals surface area (Å²) in [6, 6.07) is 0.0976. The second kappa shape index (κ2) is 5.14. The predicted octanol–water partition coefficient (Wildman–Crippen LogP) is 2.24. The number of carbonyl (C=O) groups excluding carboxylic acids is 1. The molecule has 0 aromatic heterocycles. The van der Waals surface area contributed by atoms with Gasteiger partial charge in [0.1, 0.15) is 5.60 Å². The van der Waals surface area contributed by atoms with Crippen molar-refractivity contribution in [2.24, 2.45) is 11.8 Å². The molecule has 0 aromatic rings. The number of amides is 2. The minimum Gasteiger partial charge on any atom is -0.465 e. The Labute approximate surface area is 119 Å². The van der Waals surface area contributed by atoms with E-state index in [4.69, 9.17) is 9.84 Å². The van der Waals surface area contributed by atoms with E-state index in [1.807, 2.05) is 20.8 Å². The van der Waals surface area contributed by atoms with Crippen LogP contribution >= 0.6 is 0 Å². The maximum Gasteiger partial charge on any atom is 0.410 e. The number of carboxylic acid groups (broad SMARTS) is 1. The molecule has 0 spiro atoms. The van der Waals surface area contributed by atoms with Crippen molar-refractivity contribution in [3.8, 4) is 0 Å². The van der Waals surface area contributed by atoms with Crippen molar-refractivity contribution in [2.45, 2.75) is 45.3 Å². The van der Waals surface area contributed by atoms with E-state index in [9.17, 15) is 9.59 Å². The summed E-state index contributed by atoms with van der Waals surface area (Å²) in [5.74, 6) is 0.449. The molecule has 0 aromatic carbocycles. The Bertz CT molecular complexity index is 390. The van der Waals surface area contributed by atoms with Crippen molar-refractivity contribution < 1.29 is 19.4 Å². The summed E-state index contributed by atoms with van der Waals surface area (Å²) in [6.07, 6.45) is 0.779. The van der Waals surface area contributed by atoms with E-state index in [1.54, 1.807) is 11.9 Å². The third-order valence-electron chi connectivity index (χ3n) is 4.18. The molecule has 1 heterocycles. The van der Waals surface area contributed by atoms with Gasteiger partial charge in [0.2, 0.25) is 0 Å². The number of rotatable bonds is 1. The maximum absolute atomic E-state index is 12.2. The van der Waals surface area contributed by atoms with Gasteiger partial charge in [0.15, 0.2) is 0 Å². The van der Waals surface area contributed by atoms with Gasteiger partial charge < -0.3 is 19.6 Å². The van der Waals surface area contributed by atoms with Gasteiger partial charge in [-0.15, -0.1) is 0 Å². The first-order valence-corrected chi connectivity index (χ1v) is 7.12. The molecule has 1 saturated carbocycles. The minimum atomic E-state index is -0.861. The summed E-state index contributed by atoms with van der Waals surface area (Å²) >= 11 is 0. The molecule has 2 amide bonds. The third kappa shape index (κ3) is 2.99. The van der Waals surface area contributed by atoms with E-state index in [1.165, 1.54) is 4.90 Å². The Balaban J connectivity index is 2.04. The molecule has 2 rings (SSSR count). The van der Waals surface area contributed by atoms with E-state index >= 15 is 0 Å². The predicted molar refractivity (Wildman–Crippen MR) is 73.6 cm³/mol. The van der Waals surface area contributed by atoms with Crippen LogP contribution in [0.2, 0.25) is 0 Å². The molecule has 3 atom stereocenters. The maximum atomic E-state index is 12.2. The van der Waals surface area contributed by atoms with Gasteiger partial charge in [-0.2, -0.15) is 0 Å². The van der Waals surface area contributed by atoms with Crippen LogP contribution in [0.4, 0.5) is 9.59 Å². The topological polar surface area (TPSA) is 70.1 Å². The fraction of sp³-hybridized carbons (Fsp3) is 0.857. The molecule has 20 heavy (non-hydrogen) atoms. The van der Waals surface area contributed by atoms with Crippen molar-refractivity contribution >= 4 is 12.2 Å². The third-order valence-corrected chi connectivity index (χ3v) is 4.18. The summed E-state index contributed by atoms with van der Waals surface area (Å²) in [5, 5.41) is 9.11. The van der Waals surface area contributed by atoms with E-state index in [0.717, 1.165) is 12.8 Å². The van der Waals surface area contributed by atoms with Crippen molar-refractivity contribution in [2.75, 3.05) is 20.1 Å². The van der Waals surface area contributed by atoms with Crippen LogP contribution in [0.5, 0.6) is 0 Å². The molecule has 2 bridgehead atoms. The number of carbonyl (C=O) groups is 2. The van der Waals surface area contributed by atoms with Gasteiger partial charge in [0, 0.05) is 26.2 Å².